The molecule has 0 radical (unpaired) electrons. The molecule has 6 heteroatoms. The van der Waals surface area contributed by atoms with Crippen molar-refractivity contribution < 1.29 is 14.3 Å². The van der Waals surface area contributed by atoms with Gasteiger partial charge in [0.25, 0.3) is 0 Å². The number of nitrogens with one attached hydrogen (secondary N) is 1. The van der Waals surface area contributed by atoms with E-state index in [0.29, 0.717) is 26.3 Å². The quantitative estimate of drug-likeness (QED) is 0.916. The summed E-state index contributed by atoms with van der Waals surface area (Å²) in [6.45, 7) is 2.32. The van der Waals surface area contributed by atoms with Gasteiger partial charge in [-0.2, -0.15) is 0 Å². The molecule has 0 saturated carbocycles. The molecule has 0 unspecified atom stereocenters. The third-order valence-corrected chi connectivity index (χ3v) is 4.54. The van der Waals surface area contributed by atoms with Crippen molar-refractivity contribution >= 4 is 17.4 Å². The number of benzene rings is 1. The van der Waals surface area contributed by atoms with Crippen LogP contribution in [0.1, 0.15) is 10.4 Å². The lowest BCUT2D eigenvalue weighted by Gasteiger charge is -2.21. The van der Waals surface area contributed by atoms with Gasteiger partial charge in [0.2, 0.25) is 0 Å². The van der Waals surface area contributed by atoms with Crippen LogP contribution in [0.25, 0.3) is 0 Å². The third-order valence-electron chi connectivity index (χ3n) is 3.60. The van der Waals surface area contributed by atoms with E-state index in [1.807, 2.05) is 29.6 Å². The van der Waals surface area contributed by atoms with Gasteiger partial charge in [-0.05, 0) is 35.6 Å². The average molecular weight is 332 g/mol. The summed E-state index contributed by atoms with van der Waals surface area (Å²) >= 11 is 1.71. The fourth-order valence-corrected chi connectivity index (χ4v) is 3.12. The molecule has 1 aromatic carbocycles. The summed E-state index contributed by atoms with van der Waals surface area (Å²) in [6.07, 6.45) is 0.862. The van der Waals surface area contributed by atoms with Crippen LogP contribution in [0.5, 0.6) is 11.5 Å². The van der Waals surface area contributed by atoms with Crippen LogP contribution in [0.15, 0.2) is 35.7 Å². The highest BCUT2D eigenvalue weighted by Gasteiger charge is 2.14. The van der Waals surface area contributed by atoms with E-state index >= 15 is 0 Å². The predicted molar refractivity (Wildman–Crippen MR) is 90.3 cm³/mol. The molecule has 23 heavy (non-hydrogen) atoms. The fraction of sp³-hybridized carbons (Fsp3) is 0.353. The van der Waals surface area contributed by atoms with Gasteiger partial charge in [0.1, 0.15) is 13.2 Å². The Morgan fingerprint density at radius 2 is 2.09 bits per heavy atom. The van der Waals surface area contributed by atoms with Gasteiger partial charge in [0, 0.05) is 25.0 Å². The van der Waals surface area contributed by atoms with Crippen LogP contribution in [-0.2, 0) is 13.0 Å². The van der Waals surface area contributed by atoms with Crippen molar-refractivity contribution in [3.05, 3.63) is 46.2 Å². The Kier molecular flexibility index (Phi) is 5.02. The van der Waals surface area contributed by atoms with Crippen LogP contribution in [0.2, 0.25) is 0 Å². The summed E-state index contributed by atoms with van der Waals surface area (Å²) in [5, 5.41) is 4.99. The van der Waals surface area contributed by atoms with E-state index in [-0.39, 0.29) is 6.03 Å². The minimum atomic E-state index is -0.0727. The maximum atomic E-state index is 12.1. The highest BCUT2D eigenvalue weighted by molar-refractivity contribution is 7.09. The number of carbonyl (C=O) groups is 1. The summed E-state index contributed by atoms with van der Waals surface area (Å²) in [7, 11) is 1.79. The lowest BCUT2D eigenvalue weighted by atomic mass is 10.2. The summed E-state index contributed by atoms with van der Waals surface area (Å²) in [5.74, 6) is 1.52. The first kappa shape index (κ1) is 15.7. The zero-order valence-electron chi connectivity index (χ0n) is 13.1. The maximum Gasteiger partial charge on any atom is 0.317 e. The summed E-state index contributed by atoms with van der Waals surface area (Å²) in [4.78, 5) is 15.1. The second-order valence-electron chi connectivity index (χ2n) is 5.40. The number of urea groups is 1. The zero-order chi connectivity index (χ0) is 16.1. The smallest absolute Gasteiger partial charge is 0.317 e. The number of fused-ring (bicyclic) bond motifs is 1. The topological polar surface area (TPSA) is 50.8 Å². The van der Waals surface area contributed by atoms with Gasteiger partial charge >= 0.3 is 6.03 Å². The van der Waals surface area contributed by atoms with E-state index < -0.39 is 0 Å². The maximum absolute atomic E-state index is 12.1. The molecular weight excluding hydrogens is 312 g/mol. The summed E-state index contributed by atoms with van der Waals surface area (Å²) in [6, 6.07) is 9.82. The van der Waals surface area contributed by atoms with Gasteiger partial charge in [0.05, 0.1) is 0 Å². The number of hydrogen-bond acceptors (Lipinski definition) is 4. The lowest BCUT2D eigenvalue weighted by Crippen LogP contribution is -2.37. The number of rotatable bonds is 5. The number of nitrogens with zero attached hydrogens (tertiary/aromatic N) is 1. The molecule has 1 aliphatic rings. The summed E-state index contributed by atoms with van der Waals surface area (Å²) in [5.41, 5.74) is 1.02. The van der Waals surface area contributed by atoms with Crippen LogP contribution in [0, 0.1) is 0 Å². The monoisotopic (exact) mass is 332 g/mol. The van der Waals surface area contributed by atoms with E-state index in [1.54, 1.807) is 23.3 Å². The first-order valence-corrected chi connectivity index (χ1v) is 8.50. The SMILES string of the molecule is CN(Cc1ccc2c(c1)OCCO2)C(=O)NCCc1cccs1. The van der Waals surface area contributed by atoms with E-state index in [4.69, 9.17) is 9.47 Å². The largest absolute Gasteiger partial charge is 0.486 e. The van der Waals surface area contributed by atoms with Crippen molar-refractivity contribution in [3.63, 3.8) is 0 Å². The molecule has 122 valence electrons. The molecule has 0 fully saturated rings. The average Bonchev–Trinajstić information content (AvgIpc) is 3.08. The van der Waals surface area contributed by atoms with Crippen LogP contribution in [-0.4, -0.2) is 37.7 Å². The molecule has 1 aromatic heterocycles. The van der Waals surface area contributed by atoms with Crippen LogP contribution in [0.4, 0.5) is 4.79 Å². The number of carbonyl (C=O) groups excluding carboxylic acids is 1. The van der Waals surface area contributed by atoms with Gasteiger partial charge in [-0.3, -0.25) is 0 Å². The van der Waals surface area contributed by atoms with E-state index in [1.165, 1.54) is 4.88 Å². The Labute approximate surface area is 139 Å². The Balaban J connectivity index is 1.49. The molecule has 3 rings (SSSR count). The highest BCUT2D eigenvalue weighted by atomic mass is 32.1. The molecule has 0 spiro atoms. The molecule has 2 aromatic rings. The second kappa shape index (κ2) is 7.37. The normalized spacial score (nSPS) is 12.7. The highest BCUT2D eigenvalue weighted by Crippen LogP contribution is 2.30. The fourth-order valence-electron chi connectivity index (χ4n) is 2.41. The van der Waals surface area contributed by atoms with Crippen molar-refractivity contribution in [2.75, 3.05) is 26.8 Å². The molecule has 5 nitrogen and oxygen atoms in total. The second-order valence-corrected chi connectivity index (χ2v) is 6.43. The van der Waals surface area contributed by atoms with E-state index in [0.717, 1.165) is 23.5 Å². The van der Waals surface area contributed by atoms with E-state index in [2.05, 4.69) is 11.4 Å². The van der Waals surface area contributed by atoms with Crippen molar-refractivity contribution in [1.29, 1.82) is 0 Å². The van der Waals surface area contributed by atoms with Crippen LogP contribution >= 0.6 is 11.3 Å². The first-order valence-electron chi connectivity index (χ1n) is 7.62. The lowest BCUT2D eigenvalue weighted by molar-refractivity contribution is 0.171. The molecule has 0 saturated heterocycles. The number of amides is 2. The van der Waals surface area contributed by atoms with Gasteiger partial charge in [-0.1, -0.05) is 12.1 Å². The predicted octanol–water partition coefficient (Wildman–Crippen LogP) is 2.90. The van der Waals surface area contributed by atoms with Gasteiger partial charge in [0.15, 0.2) is 11.5 Å². The Morgan fingerprint density at radius 3 is 2.87 bits per heavy atom. The Morgan fingerprint density at radius 1 is 1.26 bits per heavy atom. The van der Waals surface area contributed by atoms with Crippen molar-refractivity contribution in [2.45, 2.75) is 13.0 Å². The van der Waals surface area contributed by atoms with Crippen LogP contribution in [0.3, 0.4) is 0 Å². The minimum absolute atomic E-state index is 0.0727. The molecular formula is C17H20N2O3S. The Hall–Kier alpha value is -2.21. The van der Waals surface area contributed by atoms with Crippen molar-refractivity contribution in [3.8, 4) is 11.5 Å². The van der Waals surface area contributed by atoms with Crippen molar-refractivity contribution in [2.24, 2.45) is 0 Å². The Bertz CT molecular complexity index is 658. The molecule has 0 bridgehead atoms. The standard InChI is InChI=1S/C17H20N2O3S/c1-19(17(20)18-7-6-14-3-2-10-23-14)12-13-4-5-15-16(11-13)22-9-8-21-15/h2-5,10-11H,6-9,12H2,1H3,(H,18,20). The molecule has 2 heterocycles. The van der Waals surface area contributed by atoms with Gasteiger partial charge in [-0.25, -0.2) is 4.79 Å². The van der Waals surface area contributed by atoms with Gasteiger partial charge in [-0.15, -0.1) is 11.3 Å². The number of hydrogen-bond donors (Lipinski definition) is 1. The van der Waals surface area contributed by atoms with E-state index in [9.17, 15) is 4.79 Å². The molecule has 1 aliphatic heterocycles. The first-order chi connectivity index (χ1) is 11.2. The summed E-state index contributed by atoms with van der Waals surface area (Å²) < 4.78 is 11.1. The van der Waals surface area contributed by atoms with Crippen LogP contribution < -0.4 is 14.8 Å². The molecule has 0 atom stereocenters. The zero-order valence-corrected chi connectivity index (χ0v) is 13.9. The minimum Gasteiger partial charge on any atom is -0.486 e. The molecule has 1 N–H and O–H groups in total. The molecule has 0 aliphatic carbocycles. The van der Waals surface area contributed by atoms with Crippen molar-refractivity contribution in [1.82, 2.24) is 10.2 Å². The molecule has 2 amide bonds. The number of ether oxygens (including phenoxy) is 2. The third kappa shape index (κ3) is 4.16. The van der Waals surface area contributed by atoms with Gasteiger partial charge < -0.3 is 19.7 Å². The number of thiophene rings is 1.